The Bertz CT molecular complexity index is 1210. The lowest BCUT2D eigenvalue weighted by Gasteiger charge is -2.13. The number of aromatic nitrogens is 3. The van der Waals surface area contributed by atoms with E-state index in [2.05, 4.69) is 24.9 Å². The maximum absolute atomic E-state index is 13.3. The van der Waals surface area contributed by atoms with Gasteiger partial charge < -0.3 is 4.74 Å². The second-order valence-electron chi connectivity index (χ2n) is 7.31. The fourth-order valence-corrected chi connectivity index (χ4v) is 5.14. The van der Waals surface area contributed by atoms with Crippen molar-refractivity contribution in [1.82, 2.24) is 14.5 Å². The fraction of sp³-hybridized carbons (Fsp3) is 0.318. The van der Waals surface area contributed by atoms with Crippen LogP contribution in [-0.4, -0.2) is 21.6 Å². The average Bonchev–Trinajstić information content (AvgIpc) is 3.10. The van der Waals surface area contributed by atoms with Gasteiger partial charge in [-0.1, -0.05) is 37.7 Å². The van der Waals surface area contributed by atoms with Crippen LogP contribution in [0.15, 0.2) is 52.5 Å². The van der Waals surface area contributed by atoms with Crippen molar-refractivity contribution < 1.29 is 4.74 Å². The van der Waals surface area contributed by atoms with Crippen LogP contribution in [0.25, 0.3) is 20.4 Å². The zero-order valence-corrected chi connectivity index (χ0v) is 18.3. The number of rotatable bonds is 7. The topological polar surface area (TPSA) is 57.0 Å². The summed E-state index contributed by atoms with van der Waals surface area (Å²) in [5.74, 6) is 2.06. The van der Waals surface area contributed by atoms with Gasteiger partial charge in [0.15, 0.2) is 5.16 Å². The van der Waals surface area contributed by atoms with Gasteiger partial charge in [0.25, 0.3) is 5.56 Å². The standard InChI is InChI=1S/C22H23N3O2S2/c1-14(2)9-11-25-21(26)19-18(17-8-5-10-23-20(17)29-19)24-22(25)28-13-15-6-4-7-16(12-15)27-3/h4-8,10,12,14H,9,11,13H2,1-3H3. The molecule has 0 saturated heterocycles. The van der Waals surface area contributed by atoms with Gasteiger partial charge >= 0.3 is 0 Å². The summed E-state index contributed by atoms with van der Waals surface area (Å²) in [4.78, 5) is 23.5. The van der Waals surface area contributed by atoms with Crippen LogP contribution < -0.4 is 10.3 Å². The molecule has 3 aromatic heterocycles. The van der Waals surface area contributed by atoms with Gasteiger partial charge in [0.2, 0.25) is 0 Å². The van der Waals surface area contributed by atoms with Gasteiger partial charge in [-0.15, -0.1) is 11.3 Å². The van der Waals surface area contributed by atoms with Crippen molar-refractivity contribution in [3.63, 3.8) is 0 Å². The van der Waals surface area contributed by atoms with Gasteiger partial charge in [-0.3, -0.25) is 9.36 Å². The van der Waals surface area contributed by atoms with Crippen molar-refractivity contribution in [2.24, 2.45) is 5.92 Å². The molecule has 0 atom stereocenters. The molecule has 0 N–H and O–H groups in total. The fourth-order valence-electron chi connectivity index (χ4n) is 3.15. The minimum atomic E-state index is 0.0341. The van der Waals surface area contributed by atoms with E-state index in [0.717, 1.165) is 44.4 Å². The molecule has 0 aliphatic heterocycles. The average molecular weight is 426 g/mol. The molecule has 3 heterocycles. The molecule has 0 bridgehead atoms. The number of thiophene rings is 1. The number of benzene rings is 1. The van der Waals surface area contributed by atoms with Gasteiger partial charge in [-0.05, 0) is 42.2 Å². The molecular weight excluding hydrogens is 402 g/mol. The van der Waals surface area contributed by atoms with Crippen molar-refractivity contribution in [2.45, 2.75) is 37.7 Å². The van der Waals surface area contributed by atoms with E-state index in [4.69, 9.17) is 9.72 Å². The lowest BCUT2D eigenvalue weighted by molar-refractivity contribution is 0.414. The predicted molar refractivity (Wildman–Crippen MR) is 121 cm³/mol. The smallest absolute Gasteiger partial charge is 0.272 e. The maximum Gasteiger partial charge on any atom is 0.272 e. The van der Waals surface area contributed by atoms with Crippen LogP contribution in [0.1, 0.15) is 25.8 Å². The normalized spacial score (nSPS) is 11.6. The van der Waals surface area contributed by atoms with Crippen LogP contribution in [0, 0.1) is 5.92 Å². The molecule has 0 aliphatic rings. The van der Waals surface area contributed by atoms with E-state index in [1.54, 1.807) is 25.1 Å². The highest BCUT2D eigenvalue weighted by molar-refractivity contribution is 7.98. The third kappa shape index (κ3) is 4.16. The molecular formula is C22H23N3O2S2. The molecule has 0 aliphatic carbocycles. The molecule has 4 rings (SSSR count). The molecule has 1 aromatic carbocycles. The molecule has 150 valence electrons. The lowest BCUT2D eigenvalue weighted by Crippen LogP contribution is -2.23. The number of pyridine rings is 1. The van der Waals surface area contributed by atoms with Crippen LogP contribution in [0.5, 0.6) is 5.75 Å². The van der Waals surface area contributed by atoms with Crippen LogP contribution in [0.2, 0.25) is 0 Å². The molecule has 0 saturated carbocycles. The summed E-state index contributed by atoms with van der Waals surface area (Å²) in [5, 5.41) is 1.71. The van der Waals surface area contributed by atoms with Crippen molar-refractivity contribution in [3.05, 3.63) is 58.5 Å². The second-order valence-corrected chi connectivity index (χ2v) is 9.25. The zero-order valence-electron chi connectivity index (χ0n) is 16.7. The Hall–Kier alpha value is -2.38. The monoisotopic (exact) mass is 425 g/mol. The van der Waals surface area contributed by atoms with E-state index in [9.17, 15) is 4.79 Å². The number of thioether (sulfide) groups is 1. The molecule has 5 nitrogen and oxygen atoms in total. The number of fused-ring (bicyclic) bond motifs is 3. The summed E-state index contributed by atoms with van der Waals surface area (Å²) in [6.07, 6.45) is 2.69. The van der Waals surface area contributed by atoms with E-state index in [0.29, 0.717) is 17.2 Å². The second kappa shape index (κ2) is 8.55. The lowest BCUT2D eigenvalue weighted by atomic mass is 10.1. The van der Waals surface area contributed by atoms with Gasteiger partial charge in [0.05, 0.1) is 12.6 Å². The summed E-state index contributed by atoms with van der Waals surface area (Å²) in [7, 11) is 1.67. The summed E-state index contributed by atoms with van der Waals surface area (Å²) < 4.78 is 7.85. The molecule has 0 spiro atoms. The third-order valence-electron chi connectivity index (χ3n) is 4.75. The SMILES string of the molecule is COc1cccc(CSc2nc3c(sc4ncccc43)c(=O)n2CCC(C)C)c1. The van der Waals surface area contributed by atoms with Crippen molar-refractivity contribution in [2.75, 3.05) is 7.11 Å². The molecule has 0 amide bonds. The Morgan fingerprint density at radius 2 is 2.10 bits per heavy atom. The van der Waals surface area contributed by atoms with Crippen molar-refractivity contribution in [1.29, 1.82) is 0 Å². The Morgan fingerprint density at radius 1 is 1.24 bits per heavy atom. The zero-order chi connectivity index (χ0) is 20.4. The number of hydrogen-bond acceptors (Lipinski definition) is 6. The largest absolute Gasteiger partial charge is 0.497 e. The van der Waals surface area contributed by atoms with Crippen LogP contribution in [-0.2, 0) is 12.3 Å². The van der Waals surface area contributed by atoms with Gasteiger partial charge in [0, 0.05) is 23.9 Å². The third-order valence-corrected chi connectivity index (χ3v) is 6.89. The minimum absolute atomic E-state index is 0.0341. The first-order valence-corrected chi connectivity index (χ1v) is 11.4. The Labute approximate surface area is 177 Å². The van der Waals surface area contributed by atoms with Gasteiger partial charge in [0.1, 0.15) is 15.3 Å². The first-order valence-electron chi connectivity index (χ1n) is 9.60. The Morgan fingerprint density at radius 3 is 2.90 bits per heavy atom. The summed E-state index contributed by atoms with van der Waals surface area (Å²) >= 11 is 3.02. The first-order chi connectivity index (χ1) is 14.1. The van der Waals surface area contributed by atoms with Crippen LogP contribution in [0.4, 0.5) is 0 Å². The van der Waals surface area contributed by atoms with E-state index < -0.39 is 0 Å². The quantitative estimate of drug-likeness (QED) is 0.295. The number of nitrogens with zero attached hydrogens (tertiary/aromatic N) is 3. The minimum Gasteiger partial charge on any atom is -0.497 e. The summed E-state index contributed by atoms with van der Waals surface area (Å²) in [5.41, 5.74) is 1.93. The Kier molecular flexibility index (Phi) is 5.87. The molecule has 29 heavy (non-hydrogen) atoms. The molecule has 4 aromatic rings. The highest BCUT2D eigenvalue weighted by Crippen LogP contribution is 2.31. The molecule has 7 heteroatoms. The number of hydrogen-bond donors (Lipinski definition) is 0. The highest BCUT2D eigenvalue weighted by Gasteiger charge is 2.17. The van der Waals surface area contributed by atoms with E-state index in [1.165, 1.54) is 11.3 Å². The Balaban J connectivity index is 1.77. The van der Waals surface area contributed by atoms with E-state index in [-0.39, 0.29) is 5.56 Å². The highest BCUT2D eigenvalue weighted by atomic mass is 32.2. The number of methoxy groups -OCH3 is 1. The molecule has 0 radical (unpaired) electrons. The van der Waals surface area contributed by atoms with Gasteiger partial charge in [-0.25, -0.2) is 9.97 Å². The van der Waals surface area contributed by atoms with E-state index >= 15 is 0 Å². The first kappa shape index (κ1) is 19.9. The summed E-state index contributed by atoms with van der Waals surface area (Å²) in [6.45, 7) is 5.01. The van der Waals surface area contributed by atoms with Crippen LogP contribution in [0.3, 0.4) is 0 Å². The van der Waals surface area contributed by atoms with E-state index in [1.807, 2.05) is 34.9 Å². The van der Waals surface area contributed by atoms with Crippen molar-refractivity contribution >= 4 is 43.5 Å². The number of ether oxygens (including phenoxy) is 1. The molecule has 0 unspecified atom stereocenters. The summed E-state index contributed by atoms with van der Waals surface area (Å²) in [6, 6.07) is 11.9. The molecule has 0 fully saturated rings. The predicted octanol–water partition coefficient (Wildman–Crippen LogP) is 5.35. The van der Waals surface area contributed by atoms with Crippen molar-refractivity contribution in [3.8, 4) is 5.75 Å². The van der Waals surface area contributed by atoms with Gasteiger partial charge in [-0.2, -0.15) is 0 Å². The van der Waals surface area contributed by atoms with Crippen LogP contribution >= 0.6 is 23.1 Å². The maximum atomic E-state index is 13.3.